The Morgan fingerprint density at radius 2 is 2.00 bits per heavy atom. The molecule has 3 rings (SSSR count). The van der Waals surface area contributed by atoms with Crippen molar-refractivity contribution in [3.05, 3.63) is 95.0 Å². The van der Waals surface area contributed by atoms with Crippen molar-refractivity contribution in [3.63, 3.8) is 0 Å². The van der Waals surface area contributed by atoms with Gasteiger partial charge in [-0.05, 0) is 54.8 Å². The number of nitrogens with zero attached hydrogens (tertiary/aromatic N) is 2. The van der Waals surface area contributed by atoms with Crippen molar-refractivity contribution >= 4 is 28.4 Å². The Morgan fingerprint density at radius 1 is 1.33 bits per heavy atom. The van der Waals surface area contributed by atoms with Gasteiger partial charge in [-0.25, -0.2) is 9.07 Å². The number of allylic oxidation sites excluding steroid dienone is 3. The van der Waals surface area contributed by atoms with Crippen molar-refractivity contribution in [1.29, 1.82) is 0 Å². The van der Waals surface area contributed by atoms with Gasteiger partial charge in [-0.15, -0.1) is 0 Å². The van der Waals surface area contributed by atoms with Crippen LogP contribution in [0, 0.1) is 5.82 Å². The minimum atomic E-state index is -3.36. The van der Waals surface area contributed by atoms with Gasteiger partial charge < -0.3 is 20.6 Å². The molecule has 10 heteroatoms. The van der Waals surface area contributed by atoms with Gasteiger partial charge in [0.05, 0.1) is 17.6 Å². The Labute approximate surface area is 210 Å². The normalized spacial score (nSPS) is 15.7. The molecule has 0 spiro atoms. The average molecular weight is 514 g/mol. The lowest BCUT2D eigenvalue weighted by Gasteiger charge is -2.28. The average Bonchev–Trinajstić information content (AvgIpc) is 3.13. The molecule has 0 bridgehead atoms. The van der Waals surface area contributed by atoms with E-state index >= 15 is 0 Å². The van der Waals surface area contributed by atoms with E-state index in [0.29, 0.717) is 29.8 Å². The third-order valence-electron chi connectivity index (χ3n) is 5.70. The van der Waals surface area contributed by atoms with Crippen LogP contribution >= 0.6 is 0 Å². The van der Waals surface area contributed by atoms with Gasteiger partial charge in [-0.1, -0.05) is 37.8 Å². The lowest BCUT2D eigenvalue weighted by molar-refractivity contribution is -0.320. The Bertz CT molecular complexity index is 1300. The van der Waals surface area contributed by atoms with Gasteiger partial charge in [-0.3, -0.25) is 9.00 Å². The summed E-state index contributed by atoms with van der Waals surface area (Å²) in [5.41, 5.74) is 2.82. The van der Waals surface area contributed by atoms with E-state index < -0.39 is 34.5 Å². The molecule has 8 nitrogen and oxygen atoms in total. The number of rotatable bonds is 9. The maximum atomic E-state index is 13.5. The second kappa shape index (κ2) is 11.1. The lowest BCUT2D eigenvalue weighted by atomic mass is 10.0. The molecular weight excluding hydrogens is 485 g/mol. The van der Waals surface area contributed by atoms with Crippen LogP contribution in [0.2, 0.25) is 0 Å². The first-order valence-corrected chi connectivity index (χ1v) is 12.6. The zero-order chi connectivity index (χ0) is 26.6. The minimum Gasteiger partial charge on any atom is -0.342 e. The van der Waals surface area contributed by atoms with Gasteiger partial charge in [0.25, 0.3) is 5.91 Å². The van der Waals surface area contributed by atoms with E-state index in [2.05, 4.69) is 23.6 Å². The fourth-order valence-corrected chi connectivity index (χ4v) is 3.99. The Balaban J connectivity index is 2.04. The highest BCUT2D eigenvalue weighted by molar-refractivity contribution is 7.88. The molecule has 0 radical (unpaired) electrons. The summed E-state index contributed by atoms with van der Waals surface area (Å²) in [5, 5.41) is 36.8. The topological polar surface area (TPSA) is 125 Å². The van der Waals surface area contributed by atoms with Crippen molar-refractivity contribution in [2.45, 2.75) is 31.8 Å². The zero-order valence-electron chi connectivity index (χ0n) is 19.9. The standard InChI is InChI=1S/C26H28FN3O5S/c1-5-17-7-12-21(22-15-28-30(23(22)14-17)20-10-8-19(27)9-11-20)25(31)29-24(26(32,33)34)18(6-2)13-16(3)36(4)35/h6,8-15,24,32-34H,2-3,5,7H2,1,4H3,(H,29,31). The smallest absolute Gasteiger partial charge is 0.301 e. The van der Waals surface area contributed by atoms with Gasteiger partial charge in [0.15, 0.2) is 0 Å². The van der Waals surface area contributed by atoms with Crippen LogP contribution in [0.1, 0.15) is 31.0 Å². The number of carbonyl (C=O) groups excluding carboxylic acids is 1. The number of amides is 1. The molecule has 1 aromatic carbocycles. The first kappa shape index (κ1) is 27.2. The molecule has 1 aliphatic carbocycles. The Hall–Kier alpha value is -3.44. The highest BCUT2D eigenvalue weighted by atomic mass is 32.2. The number of aliphatic hydroxyl groups is 3. The van der Waals surface area contributed by atoms with E-state index in [-0.39, 0.29) is 16.1 Å². The van der Waals surface area contributed by atoms with Crippen molar-refractivity contribution in [2.75, 3.05) is 6.26 Å². The molecule has 0 saturated carbocycles. The molecule has 0 aliphatic heterocycles. The van der Waals surface area contributed by atoms with E-state index in [9.17, 15) is 28.7 Å². The number of hydrogen-bond donors (Lipinski definition) is 4. The second-order valence-electron chi connectivity index (χ2n) is 8.17. The first-order chi connectivity index (χ1) is 17.0. The number of hydrogen-bond acceptors (Lipinski definition) is 6. The number of carbonyl (C=O) groups is 1. The second-order valence-corrected chi connectivity index (χ2v) is 9.61. The van der Waals surface area contributed by atoms with Crippen molar-refractivity contribution in [2.24, 2.45) is 0 Å². The molecule has 0 fully saturated rings. The molecule has 4 N–H and O–H groups in total. The minimum absolute atomic E-state index is 0.0140. The summed E-state index contributed by atoms with van der Waals surface area (Å²) in [7, 11) is -1.48. The summed E-state index contributed by atoms with van der Waals surface area (Å²) in [4.78, 5) is 13.6. The van der Waals surface area contributed by atoms with E-state index in [1.54, 1.807) is 22.9 Å². The fraction of sp³-hybridized carbons (Fsp3) is 0.231. The molecule has 1 heterocycles. The maximum Gasteiger partial charge on any atom is 0.301 e. The third kappa shape index (κ3) is 6.03. The van der Waals surface area contributed by atoms with Crippen LogP contribution < -0.4 is 5.32 Å². The van der Waals surface area contributed by atoms with Crippen LogP contribution in [-0.2, 0) is 15.6 Å². The van der Waals surface area contributed by atoms with Crippen molar-refractivity contribution in [1.82, 2.24) is 15.1 Å². The zero-order valence-corrected chi connectivity index (χ0v) is 20.8. The number of halogens is 1. The van der Waals surface area contributed by atoms with E-state index in [1.165, 1.54) is 36.7 Å². The lowest BCUT2D eigenvalue weighted by Crippen LogP contribution is -2.53. The van der Waals surface area contributed by atoms with Crippen LogP contribution in [0.5, 0.6) is 0 Å². The largest absolute Gasteiger partial charge is 0.342 e. The van der Waals surface area contributed by atoms with Crippen LogP contribution in [0.3, 0.4) is 0 Å². The quantitative estimate of drug-likeness (QED) is 0.302. The third-order valence-corrected chi connectivity index (χ3v) is 6.56. The van der Waals surface area contributed by atoms with Crippen LogP contribution in [0.25, 0.3) is 17.3 Å². The first-order valence-electron chi connectivity index (χ1n) is 11.0. The molecule has 36 heavy (non-hydrogen) atoms. The molecule has 1 aliphatic rings. The van der Waals surface area contributed by atoms with Crippen LogP contribution in [0.15, 0.2) is 77.9 Å². The van der Waals surface area contributed by atoms with Crippen LogP contribution in [0.4, 0.5) is 4.39 Å². The molecule has 190 valence electrons. The number of nitrogens with one attached hydrogen (secondary N) is 1. The van der Waals surface area contributed by atoms with Crippen molar-refractivity contribution in [3.8, 4) is 5.69 Å². The van der Waals surface area contributed by atoms with E-state index in [1.807, 2.05) is 13.0 Å². The molecule has 1 aromatic heterocycles. The number of fused-ring (bicyclic) bond motifs is 1. The predicted octanol–water partition coefficient (Wildman–Crippen LogP) is 2.71. The van der Waals surface area contributed by atoms with E-state index in [4.69, 9.17) is 0 Å². The summed E-state index contributed by atoms with van der Waals surface area (Å²) in [6.45, 7) is 9.20. The summed E-state index contributed by atoms with van der Waals surface area (Å²) in [6, 6.07) is 4.01. The molecule has 2 unspecified atom stereocenters. The monoisotopic (exact) mass is 513 g/mol. The Kier molecular flexibility index (Phi) is 8.36. The highest BCUT2D eigenvalue weighted by Gasteiger charge is 2.37. The van der Waals surface area contributed by atoms with Gasteiger partial charge in [0.2, 0.25) is 0 Å². The molecule has 2 atom stereocenters. The SMILES string of the molecule is C=CC(=CC(=C)S(C)=O)C(NC(=O)C1=CCC(CC)=Cc2c1cnn2-c1ccc(F)cc1)C(O)(O)O. The Morgan fingerprint density at radius 3 is 2.56 bits per heavy atom. The highest BCUT2D eigenvalue weighted by Crippen LogP contribution is 2.31. The summed E-state index contributed by atoms with van der Waals surface area (Å²) in [6.07, 6.45) is 10.1. The molecule has 0 saturated heterocycles. The van der Waals surface area contributed by atoms with E-state index in [0.717, 1.165) is 5.57 Å². The summed E-state index contributed by atoms with van der Waals surface area (Å²) in [5.74, 6) is -4.47. The summed E-state index contributed by atoms with van der Waals surface area (Å²) < 4.78 is 26.8. The molecule has 1 amide bonds. The molecule has 2 aromatic rings. The van der Waals surface area contributed by atoms with Crippen LogP contribution in [-0.4, -0.2) is 53.5 Å². The summed E-state index contributed by atoms with van der Waals surface area (Å²) >= 11 is 0. The maximum absolute atomic E-state index is 13.5. The fourth-order valence-electron chi connectivity index (χ4n) is 3.69. The van der Waals surface area contributed by atoms with Crippen molar-refractivity contribution < 1.29 is 28.7 Å². The molecular formula is C26H28FN3O5S. The van der Waals surface area contributed by atoms with Gasteiger partial charge >= 0.3 is 5.97 Å². The number of aromatic nitrogens is 2. The number of benzene rings is 1. The van der Waals surface area contributed by atoms with Gasteiger partial charge in [0.1, 0.15) is 11.9 Å². The van der Waals surface area contributed by atoms with Gasteiger partial charge in [-0.2, -0.15) is 5.10 Å². The van der Waals surface area contributed by atoms with Gasteiger partial charge in [0, 0.05) is 33.1 Å². The predicted molar refractivity (Wildman–Crippen MR) is 137 cm³/mol.